The summed E-state index contributed by atoms with van der Waals surface area (Å²) in [4.78, 5) is 10.2. The molecule has 0 saturated carbocycles. The summed E-state index contributed by atoms with van der Waals surface area (Å²) in [6, 6.07) is 99.7. The fraction of sp³-hybridized carbons (Fsp3) is 0.123. The minimum absolute atomic E-state index is 0.0832. The van der Waals surface area contributed by atoms with Crippen LogP contribution in [-0.4, -0.2) is 16.2 Å². The predicted octanol–water partition coefficient (Wildman–Crippen LogP) is 21.2. The predicted molar refractivity (Wildman–Crippen MR) is 358 cm³/mol. The number of hydrogen-bond donors (Lipinski definition) is 0. The standard InChI is InChI=1S/C81H66N4O/c1-79(2,3)59-47-60(80(4,5)6)49-61(48-59)81(71-36-19-16-33-65(71)66-34-17-20-37-72(66)81)58-43-44-82-77(50-58)85-73-38-21-18-35-67(73)68-42-41-64(52-76(68)85)86-63-32-24-31-62(51-63)83-53-84(75-40-23-22-39-74(75)83)78-69(55-27-12-8-13-28-55)45-57(54-25-10-7-11-26-54)46-70(78)56-29-14-9-15-30-56/h7-52H,53H2,1-6H3. The first kappa shape index (κ1) is 52.6. The van der Waals surface area contributed by atoms with Gasteiger partial charge in [0, 0.05) is 45.9 Å². The van der Waals surface area contributed by atoms with E-state index in [-0.39, 0.29) is 10.8 Å². The van der Waals surface area contributed by atoms with Gasteiger partial charge in [0.1, 0.15) is 24.0 Å². The van der Waals surface area contributed by atoms with Gasteiger partial charge in [0.05, 0.1) is 33.5 Å². The Hall–Kier alpha value is -10.2. The van der Waals surface area contributed by atoms with Gasteiger partial charge in [0.2, 0.25) is 0 Å². The molecule has 86 heavy (non-hydrogen) atoms. The van der Waals surface area contributed by atoms with Gasteiger partial charge in [0.15, 0.2) is 0 Å². The summed E-state index contributed by atoms with van der Waals surface area (Å²) in [6.45, 7) is 14.6. The maximum absolute atomic E-state index is 7.04. The average molecular weight is 1110 g/mol. The SMILES string of the molecule is CC(C)(C)c1cc(C(C)(C)C)cc(C2(c3ccnc(-n4c5ccccc5c5ccc(Oc6cccc(N7CN(c8c(-c9ccccc9)cc(-c9ccccc9)cc8-c8ccccc8)c8ccccc87)c6)cc54)c3)c3ccccc3-c3ccccc32)c1. The lowest BCUT2D eigenvalue weighted by Crippen LogP contribution is -2.30. The zero-order chi connectivity index (χ0) is 58.3. The van der Waals surface area contributed by atoms with Crippen LogP contribution in [0.1, 0.15) is 74.9 Å². The fourth-order valence-electron chi connectivity index (χ4n) is 13.6. The van der Waals surface area contributed by atoms with Crippen molar-refractivity contribution in [1.29, 1.82) is 0 Å². The van der Waals surface area contributed by atoms with Crippen LogP contribution in [0.5, 0.6) is 11.5 Å². The van der Waals surface area contributed by atoms with E-state index in [1.807, 2.05) is 6.20 Å². The minimum Gasteiger partial charge on any atom is -0.457 e. The van der Waals surface area contributed by atoms with Crippen molar-refractivity contribution in [3.63, 3.8) is 0 Å². The van der Waals surface area contributed by atoms with Crippen LogP contribution in [0.3, 0.4) is 0 Å². The van der Waals surface area contributed by atoms with Crippen molar-refractivity contribution in [2.24, 2.45) is 0 Å². The number of rotatable bonds is 10. The Balaban J connectivity index is 0.835. The Kier molecular flexibility index (Phi) is 12.6. The Bertz CT molecular complexity index is 4600. The Labute approximate surface area is 504 Å². The van der Waals surface area contributed by atoms with E-state index in [1.165, 1.54) is 66.8 Å². The molecule has 0 fully saturated rings. The average Bonchev–Trinajstić information content (AvgIpc) is 1.59. The second-order valence-corrected chi connectivity index (χ2v) is 25.2. The number of nitrogens with zero attached hydrogens (tertiary/aromatic N) is 4. The molecule has 0 amide bonds. The first-order valence-corrected chi connectivity index (χ1v) is 30.0. The van der Waals surface area contributed by atoms with Gasteiger partial charge in [0.25, 0.3) is 0 Å². The van der Waals surface area contributed by atoms with Crippen molar-refractivity contribution < 1.29 is 4.74 Å². The van der Waals surface area contributed by atoms with E-state index in [2.05, 4.69) is 329 Å². The molecule has 5 nitrogen and oxygen atoms in total. The van der Waals surface area contributed by atoms with Gasteiger partial charge in [-0.3, -0.25) is 4.57 Å². The lowest BCUT2D eigenvalue weighted by Gasteiger charge is -2.36. The van der Waals surface area contributed by atoms with Crippen molar-refractivity contribution >= 4 is 44.6 Å². The third-order valence-electron chi connectivity index (χ3n) is 17.9. The van der Waals surface area contributed by atoms with Crippen LogP contribution >= 0.6 is 0 Å². The quantitative estimate of drug-likeness (QED) is 0.137. The number of anilines is 4. The number of hydrogen-bond acceptors (Lipinski definition) is 4. The highest BCUT2D eigenvalue weighted by atomic mass is 16.5. The van der Waals surface area contributed by atoms with Crippen molar-refractivity contribution in [2.45, 2.75) is 57.8 Å². The van der Waals surface area contributed by atoms with Gasteiger partial charge < -0.3 is 14.5 Å². The van der Waals surface area contributed by atoms with Crippen molar-refractivity contribution in [3.05, 3.63) is 313 Å². The summed E-state index contributed by atoms with van der Waals surface area (Å²) in [5.41, 5.74) is 22.9. The number of fused-ring (bicyclic) bond motifs is 7. The first-order chi connectivity index (χ1) is 41.9. The Morgan fingerprint density at radius 2 is 0.919 bits per heavy atom. The molecular formula is C81H66N4O. The van der Waals surface area contributed by atoms with Crippen LogP contribution in [0.4, 0.5) is 22.7 Å². The molecule has 1 aliphatic heterocycles. The topological polar surface area (TPSA) is 33.5 Å². The molecule has 0 N–H and O–H groups in total. The molecule has 0 bridgehead atoms. The van der Waals surface area contributed by atoms with E-state index in [4.69, 9.17) is 9.72 Å². The molecule has 13 aromatic rings. The lowest BCUT2D eigenvalue weighted by molar-refractivity contribution is 0.483. The van der Waals surface area contributed by atoms with Crippen molar-refractivity contribution in [2.75, 3.05) is 16.5 Å². The highest BCUT2D eigenvalue weighted by molar-refractivity contribution is 6.09. The lowest BCUT2D eigenvalue weighted by atomic mass is 9.65. The largest absolute Gasteiger partial charge is 0.457 e. The minimum atomic E-state index is -0.640. The van der Waals surface area contributed by atoms with E-state index in [9.17, 15) is 0 Å². The highest BCUT2D eigenvalue weighted by Gasteiger charge is 2.47. The molecule has 0 saturated heterocycles. The van der Waals surface area contributed by atoms with Gasteiger partial charge in [-0.25, -0.2) is 4.98 Å². The number of ether oxygens (including phenoxy) is 1. The molecule has 416 valence electrons. The van der Waals surface area contributed by atoms with Crippen LogP contribution in [0.25, 0.3) is 72.1 Å². The van der Waals surface area contributed by atoms with Gasteiger partial charge in [-0.05, 0) is 144 Å². The van der Waals surface area contributed by atoms with Gasteiger partial charge in [-0.2, -0.15) is 0 Å². The third kappa shape index (κ3) is 8.79. The summed E-state index contributed by atoms with van der Waals surface area (Å²) in [5, 5.41) is 2.28. The summed E-state index contributed by atoms with van der Waals surface area (Å²) < 4.78 is 9.38. The number of pyridine rings is 1. The molecule has 0 unspecified atom stereocenters. The van der Waals surface area contributed by atoms with Gasteiger partial charge in [-0.1, -0.05) is 236 Å². The number of benzene rings is 11. The van der Waals surface area contributed by atoms with Gasteiger partial charge in [-0.15, -0.1) is 0 Å². The maximum atomic E-state index is 7.04. The second kappa shape index (κ2) is 20.5. The molecule has 1 aliphatic carbocycles. The molecule has 5 heteroatoms. The number of aromatic nitrogens is 2. The molecule has 11 aromatic carbocycles. The molecular weight excluding hydrogens is 1040 g/mol. The normalized spacial score (nSPS) is 13.5. The van der Waals surface area contributed by atoms with Crippen LogP contribution in [0.15, 0.2) is 279 Å². The zero-order valence-corrected chi connectivity index (χ0v) is 49.5. The monoisotopic (exact) mass is 1110 g/mol. The molecule has 3 heterocycles. The summed E-state index contributed by atoms with van der Waals surface area (Å²) in [5.74, 6) is 2.32. The summed E-state index contributed by atoms with van der Waals surface area (Å²) in [6.07, 6.45) is 2.02. The summed E-state index contributed by atoms with van der Waals surface area (Å²) >= 11 is 0. The summed E-state index contributed by atoms with van der Waals surface area (Å²) in [7, 11) is 0. The number of para-hydroxylation sites is 3. The fourth-order valence-corrected chi connectivity index (χ4v) is 13.6. The van der Waals surface area contributed by atoms with E-state index in [1.54, 1.807) is 0 Å². The molecule has 15 rings (SSSR count). The first-order valence-electron chi connectivity index (χ1n) is 30.0. The third-order valence-corrected chi connectivity index (χ3v) is 17.9. The van der Waals surface area contributed by atoms with Crippen LogP contribution in [0, 0.1) is 0 Å². The Morgan fingerprint density at radius 1 is 0.384 bits per heavy atom. The molecule has 0 spiro atoms. The van der Waals surface area contributed by atoms with Crippen molar-refractivity contribution in [3.8, 4) is 61.8 Å². The molecule has 2 aromatic heterocycles. The van der Waals surface area contributed by atoms with E-state index >= 15 is 0 Å². The van der Waals surface area contributed by atoms with Crippen LogP contribution < -0.4 is 14.5 Å². The zero-order valence-electron chi connectivity index (χ0n) is 49.5. The van der Waals surface area contributed by atoms with Crippen molar-refractivity contribution in [1.82, 2.24) is 9.55 Å². The maximum Gasteiger partial charge on any atom is 0.137 e. The van der Waals surface area contributed by atoms with Crippen LogP contribution in [0.2, 0.25) is 0 Å². The van der Waals surface area contributed by atoms with Gasteiger partial charge >= 0.3 is 0 Å². The molecule has 2 aliphatic rings. The highest BCUT2D eigenvalue weighted by Crippen LogP contribution is 2.58. The second-order valence-electron chi connectivity index (χ2n) is 25.2. The molecule has 0 radical (unpaired) electrons. The van der Waals surface area contributed by atoms with E-state index < -0.39 is 5.41 Å². The van der Waals surface area contributed by atoms with Crippen LogP contribution in [-0.2, 0) is 16.2 Å². The smallest absolute Gasteiger partial charge is 0.137 e. The van der Waals surface area contributed by atoms with E-state index in [0.717, 1.165) is 73.0 Å². The Morgan fingerprint density at radius 3 is 1.55 bits per heavy atom. The van der Waals surface area contributed by atoms with E-state index in [0.29, 0.717) is 6.67 Å². The molecule has 0 atom stereocenters.